The molecule has 1 saturated carbocycles. The molecule has 34 heavy (non-hydrogen) atoms. The fraction of sp³-hybridized carbons (Fsp3) is 0.552. The van der Waals surface area contributed by atoms with Crippen molar-refractivity contribution in [3.8, 4) is 11.5 Å². The fourth-order valence-electron chi connectivity index (χ4n) is 5.54. The number of nitrogens with zero attached hydrogens (tertiary/aromatic N) is 1. The van der Waals surface area contributed by atoms with Crippen molar-refractivity contribution in [2.45, 2.75) is 76.2 Å². The molecule has 0 aromatic heterocycles. The average molecular weight is 465 g/mol. The highest BCUT2D eigenvalue weighted by Gasteiger charge is 2.41. The normalized spacial score (nSPS) is 20.5. The SMILES string of the molecule is COc1ccc(C2(C(=O)Nc3ccc(OCCCN4CCCCC4C)cc3)CCCCC2)cc1. The van der Waals surface area contributed by atoms with Gasteiger partial charge in [-0.15, -0.1) is 0 Å². The van der Waals surface area contributed by atoms with Crippen molar-refractivity contribution in [3.05, 3.63) is 54.1 Å². The Bertz CT molecular complexity index is 904. The van der Waals surface area contributed by atoms with Gasteiger partial charge in [-0.2, -0.15) is 0 Å². The summed E-state index contributed by atoms with van der Waals surface area (Å²) in [7, 11) is 1.67. The van der Waals surface area contributed by atoms with Crippen LogP contribution in [0.1, 0.15) is 70.3 Å². The third-order valence-corrected chi connectivity index (χ3v) is 7.70. The van der Waals surface area contributed by atoms with E-state index in [-0.39, 0.29) is 5.91 Å². The predicted molar refractivity (Wildman–Crippen MR) is 138 cm³/mol. The zero-order valence-electron chi connectivity index (χ0n) is 20.9. The number of likely N-dealkylation sites (tertiary alicyclic amines) is 1. The van der Waals surface area contributed by atoms with Gasteiger partial charge in [-0.1, -0.05) is 37.8 Å². The van der Waals surface area contributed by atoms with Gasteiger partial charge in [0.25, 0.3) is 0 Å². The maximum atomic E-state index is 13.5. The molecule has 0 bridgehead atoms. The standard InChI is InChI=1S/C29H40N2O3/c1-23-9-4-7-20-31(23)21-8-22-34-27-16-12-25(13-17-27)30-28(32)29(18-5-3-6-19-29)24-10-14-26(33-2)15-11-24/h10-17,23H,3-9,18-22H2,1-2H3,(H,30,32). The van der Waals surface area contributed by atoms with E-state index in [9.17, 15) is 4.79 Å². The van der Waals surface area contributed by atoms with E-state index in [1.165, 1.54) is 32.2 Å². The molecule has 2 aromatic rings. The van der Waals surface area contributed by atoms with E-state index in [1.807, 2.05) is 48.5 Å². The highest BCUT2D eigenvalue weighted by molar-refractivity contribution is 5.99. The zero-order valence-corrected chi connectivity index (χ0v) is 20.9. The van der Waals surface area contributed by atoms with Gasteiger partial charge in [0.05, 0.1) is 19.1 Å². The molecular weight excluding hydrogens is 424 g/mol. The van der Waals surface area contributed by atoms with Crippen LogP contribution in [0.5, 0.6) is 11.5 Å². The number of ether oxygens (including phenoxy) is 2. The number of piperidine rings is 1. The van der Waals surface area contributed by atoms with Crippen molar-refractivity contribution in [1.29, 1.82) is 0 Å². The van der Waals surface area contributed by atoms with Crippen molar-refractivity contribution in [2.24, 2.45) is 0 Å². The minimum Gasteiger partial charge on any atom is -0.497 e. The second kappa shape index (κ2) is 11.7. The summed E-state index contributed by atoms with van der Waals surface area (Å²) >= 11 is 0. The second-order valence-corrected chi connectivity index (χ2v) is 9.93. The Labute approximate surface area is 204 Å². The molecule has 2 fully saturated rings. The average Bonchev–Trinajstić information content (AvgIpc) is 2.89. The van der Waals surface area contributed by atoms with Crippen LogP contribution in [0.2, 0.25) is 0 Å². The second-order valence-electron chi connectivity index (χ2n) is 9.93. The molecular formula is C29H40N2O3. The van der Waals surface area contributed by atoms with Crippen LogP contribution >= 0.6 is 0 Å². The van der Waals surface area contributed by atoms with Gasteiger partial charge < -0.3 is 19.7 Å². The third-order valence-electron chi connectivity index (χ3n) is 7.70. The van der Waals surface area contributed by atoms with Crippen LogP contribution in [0.3, 0.4) is 0 Å². The molecule has 1 saturated heterocycles. The number of hydrogen-bond acceptors (Lipinski definition) is 4. The molecule has 1 aliphatic carbocycles. The van der Waals surface area contributed by atoms with Crippen molar-refractivity contribution in [1.82, 2.24) is 4.90 Å². The van der Waals surface area contributed by atoms with Gasteiger partial charge in [0, 0.05) is 18.3 Å². The summed E-state index contributed by atoms with van der Waals surface area (Å²) in [5, 5.41) is 3.19. The van der Waals surface area contributed by atoms with Gasteiger partial charge in [0.2, 0.25) is 5.91 Å². The Kier molecular flexibility index (Phi) is 8.49. The molecule has 5 heteroatoms. The lowest BCUT2D eigenvalue weighted by Gasteiger charge is -2.36. The zero-order chi connectivity index (χ0) is 23.8. The van der Waals surface area contributed by atoms with Gasteiger partial charge in [0.1, 0.15) is 11.5 Å². The van der Waals surface area contributed by atoms with Crippen LogP contribution in [-0.4, -0.2) is 43.7 Å². The lowest BCUT2D eigenvalue weighted by Crippen LogP contribution is -2.42. The molecule has 1 N–H and O–H groups in total. The van der Waals surface area contributed by atoms with Crippen molar-refractivity contribution < 1.29 is 14.3 Å². The quantitative estimate of drug-likeness (QED) is 0.450. The van der Waals surface area contributed by atoms with Crippen molar-refractivity contribution in [3.63, 3.8) is 0 Å². The summed E-state index contributed by atoms with van der Waals surface area (Å²) in [6, 6.07) is 16.5. The number of nitrogens with one attached hydrogen (secondary N) is 1. The number of benzene rings is 2. The molecule has 5 nitrogen and oxygen atoms in total. The number of carbonyl (C=O) groups is 1. The van der Waals surface area contributed by atoms with Crippen LogP contribution in [0.4, 0.5) is 5.69 Å². The Morgan fingerprint density at radius 2 is 1.68 bits per heavy atom. The molecule has 1 unspecified atom stereocenters. The lowest BCUT2D eigenvalue weighted by atomic mass is 9.68. The van der Waals surface area contributed by atoms with Gasteiger partial charge in [0.15, 0.2) is 0 Å². The van der Waals surface area contributed by atoms with E-state index in [1.54, 1.807) is 7.11 Å². The number of amides is 1. The largest absolute Gasteiger partial charge is 0.497 e. The van der Waals surface area contributed by atoms with E-state index in [2.05, 4.69) is 17.1 Å². The maximum absolute atomic E-state index is 13.5. The molecule has 4 rings (SSSR count). The van der Waals surface area contributed by atoms with E-state index >= 15 is 0 Å². The van der Waals surface area contributed by atoms with Gasteiger partial charge in [-0.05, 0) is 87.5 Å². The van der Waals surface area contributed by atoms with Crippen LogP contribution in [0, 0.1) is 0 Å². The smallest absolute Gasteiger partial charge is 0.235 e. The Balaban J connectivity index is 1.32. The van der Waals surface area contributed by atoms with Crippen LogP contribution in [0.25, 0.3) is 0 Å². The summed E-state index contributed by atoms with van der Waals surface area (Å²) in [6.07, 6.45) is 10.1. The maximum Gasteiger partial charge on any atom is 0.235 e. The molecule has 1 aliphatic heterocycles. The minimum atomic E-state index is -0.481. The number of carbonyl (C=O) groups excluding carboxylic acids is 1. The summed E-state index contributed by atoms with van der Waals surface area (Å²) in [6.45, 7) is 5.37. The van der Waals surface area contributed by atoms with Gasteiger partial charge >= 0.3 is 0 Å². The predicted octanol–water partition coefficient (Wildman–Crippen LogP) is 6.18. The van der Waals surface area contributed by atoms with Crippen LogP contribution in [0.15, 0.2) is 48.5 Å². The fourth-order valence-corrected chi connectivity index (χ4v) is 5.54. The molecule has 0 spiro atoms. The van der Waals surface area contributed by atoms with Crippen molar-refractivity contribution in [2.75, 3.05) is 32.1 Å². The summed E-state index contributed by atoms with van der Waals surface area (Å²) in [4.78, 5) is 16.1. The first-order valence-electron chi connectivity index (χ1n) is 13.0. The number of methoxy groups -OCH3 is 1. The first kappa shape index (κ1) is 24.6. The summed E-state index contributed by atoms with van der Waals surface area (Å²) in [5.41, 5.74) is 1.41. The van der Waals surface area contributed by atoms with Crippen LogP contribution in [-0.2, 0) is 10.2 Å². The first-order chi connectivity index (χ1) is 16.6. The highest BCUT2D eigenvalue weighted by atomic mass is 16.5. The highest BCUT2D eigenvalue weighted by Crippen LogP contribution is 2.41. The molecule has 1 atom stereocenters. The number of rotatable bonds is 9. The number of anilines is 1. The van der Waals surface area contributed by atoms with Gasteiger partial charge in [-0.3, -0.25) is 4.79 Å². The van der Waals surface area contributed by atoms with Crippen LogP contribution < -0.4 is 14.8 Å². The molecule has 1 amide bonds. The molecule has 2 aromatic carbocycles. The third kappa shape index (κ3) is 5.93. The monoisotopic (exact) mass is 464 g/mol. The van der Waals surface area contributed by atoms with E-state index in [4.69, 9.17) is 9.47 Å². The molecule has 2 aliphatic rings. The minimum absolute atomic E-state index is 0.0849. The van der Waals surface area contributed by atoms with E-state index in [0.717, 1.165) is 68.0 Å². The Hall–Kier alpha value is -2.53. The summed E-state index contributed by atoms with van der Waals surface area (Å²) in [5.74, 6) is 1.75. The Morgan fingerprint density at radius 1 is 0.971 bits per heavy atom. The van der Waals surface area contributed by atoms with E-state index < -0.39 is 5.41 Å². The number of hydrogen-bond donors (Lipinski definition) is 1. The summed E-state index contributed by atoms with van der Waals surface area (Å²) < 4.78 is 11.3. The van der Waals surface area contributed by atoms with E-state index in [0.29, 0.717) is 6.04 Å². The molecule has 0 radical (unpaired) electrons. The molecule has 1 heterocycles. The van der Waals surface area contributed by atoms with Gasteiger partial charge in [-0.25, -0.2) is 0 Å². The topological polar surface area (TPSA) is 50.8 Å². The van der Waals surface area contributed by atoms with Crippen molar-refractivity contribution >= 4 is 11.6 Å². The Morgan fingerprint density at radius 3 is 2.35 bits per heavy atom. The lowest BCUT2D eigenvalue weighted by molar-refractivity contribution is -0.122. The molecule has 184 valence electrons. The first-order valence-corrected chi connectivity index (χ1v) is 13.0.